The summed E-state index contributed by atoms with van der Waals surface area (Å²) < 4.78 is 10.6. The molecule has 1 fully saturated rings. The summed E-state index contributed by atoms with van der Waals surface area (Å²) in [6.45, 7) is 0. The van der Waals surface area contributed by atoms with E-state index in [2.05, 4.69) is 0 Å². The summed E-state index contributed by atoms with van der Waals surface area (Å²) in [5.74, 6) is 0.959. The summed E-state index contributed by atoms with van der Waals surface area (Å²) in [7, 11) is 2.97. The molecular weight excluding hydrogens is 362 g/mol. The molecule has 1 heterocycles. The second kappa shape index (κ2) is 8.95. The first-order valence-electron chi connectivity index (χ1n) is 8.83. The van der Waals surface area contributed by atoms with E-state index in [0.29, 0.717) is 24.3 Å². The van der Waals surface area contributed by atoms with Crippen molar-refractivity contribution in [1.29, 1.82) is 0 Å². The number of para-hydroxylation sites is 1. The van der Waals surface area contributed by atoms with Crippen LogP contribution in [0.1, 0.15) is 22.9 Å². The highest BCUT2D eigenvalue weighted by Crippen LogP contribution is 2.42. The van der Waals surface area contributed by atoms with E-state index < -0.39 is 12.0 Å². The number of thioether (sulfide) groups is 1. The Kier molecular flexibility index (Phi) is 6.40. The van der Waals surface area contributed by atoms with Crippen molar-refractivity contribution in [2.45, 2.75) is 24.3 Å². The summed E-state index contributed by atoms with van der Waals surface area (Å²) in [6, 6.07) is 16.6. The zero-order chi connectivity index (χ0) is 19.2. The fourth-order valence-corrected chi connectivity index (χ4v) is 4.63. The molecule has 2 unspecified atom stereocenters. The molecule has 1 aliphatic rings. The molecule has 1 aliphatic heterocycles. The molecule has 0 spiro atoms. The van der Waals surface area contributed by atoms with E-state index in [4.69, 9.17) is 9.47 Å². The van der Waals surface area contributed by atoms with E-state index >= 15 is 0 Å². The molecule has 0 saturated carbocycles. The van der Waals surface area contributed by atoms with Crippen LogP contribution in [0.25, 0.3) is 0 Å². The summed E-state index contributed by atoms with van der Waals surface area (Å²) in [5, 5.41) is -0.296. The lowest BCUT2D eigenvalue weighted by Gasteiger charge is -2.40. The van der Waals surface area contributed by atoms with Gasteiger partial charge in [-0.15, -0.1) is 11.8 Å². The normalized spacial score (nSPS) is 18.1. The van der Waals surface area contributed by atoms with Crippen molar-refractivity contribution in [2.75, 3.05) is 20.0 Å². The summed E-state index contributed by atoms with van der Waals surface area (Å²) in [6.07, 6.45) is 0.810. The number of nitrogens with zero attached hydrogens (tertiary/aromatic N) is 1. The second-order valence-corrected chi connectivity index (χ2v) is 7.43. The van der Waals surface area contributed by atoms with Crippen LogP contribution in [-0.4, -0.2) is 42.8 Å². The molecule has 0 radical (unpaired) electrons. The maximum Gasteiger partial charge on any atom is 0.328 e. The number of benzene rings is 2. The third-order valence-electron chi connectivity index (χ3n) is 4.62. The van der Waals surface area contributed by atoms with Crippen molar-refractivity contribution in [3.8, 4) is 5.75 Å². The highest BCUT2D eigenvalue weighted by molar-refractivity contribution is 7.99. The number of methoxy groups -OCH3 is 2. The topological polar surface area (TPSA) is 55.8 Å². The Hall–Kier alpha value is -2.47. The first-order valence-corrected chi connectivity index (χ1v) is 9.88. The lowest BCUT2D eigenvalue weighted by atomic mass is 10.0. The van der Waals surface area contributed by atoms with Crippen molar-refractivity contribution in [2.24, 2.45) is 0 Å². The molecule has 0 bridgehead atoms. The molecular formula is C21H23NO4S. The van der Waals surface area contributed by atoms with Gasteiger partial charge in [-0.05, 0) is 11.6 Å². The molecule has 0 aliphatic carbocycles. The Balaban J connectivity index is 2.00. The number of esters is 1. The van der Waals surface area contributed by atoms with Gasteiger partial charge in [-0.25, -0.2) is 4.79 Å². The number of carbonyl (C=O) groups is 2. The fraction of sp³-hybridized carbons (Fsp3) is 0.333. The van der Waals surface area contributed by atoms with Crippen molar-refractivity contribution < 1.29 is 19.1 Å². The number of hydrogen-bond acceptors (Lipinski definition) is 5. The maximum atomic E-state index is 12.9. The summed E-state index contributed by atoms with van der Waals surface area (Å²) in [4.78, 5) is 27.2. The lowest BCUT2D eigenvalue weighted by Crippen LogP contribution is -2.50. The summed E-state index contributed by atoms with van der Waals surface area (Å²) >= 11 is 1.64. The molecule has 5 nitrogen and oxygen atoms in total. The van der Waals surface area contributed by atoms with Gasteiger partial charge in [-0.2, -0.15) is 0 Å². The quantitative estimate of drug-likeness (QED) is 0.713. The molecule has 6 heteroatoms. The van der Waals surface area contributed by atoms with Gasteiger partial charge in [-0.3, -0.25) is 4.79 Å². The molecule has 2 aromatic rings. The first-order chi connectivity index (χ1) is 13.2. The maximum absolute atomic E-state index is 12.9. The van der Waals surface area contributed by atoms with E-state index in [-0.39, 0.29) is 11.3 Å². The minimum Gasteiger partial charge on any atom is -0.496 e. The van der Waals surface area contributed by atoms with Gasteiger partial charge in [0.2, 0.25) is 5.91 Å². The van der Waals surface area contributed by atoms with E-state index in [0.717, 1.165) is 11.1 Å². The van der Waals surface area contributed by atoms with Crippen LogP contribution in [0.4, 0.5) is 0 Å². The monoisotopic (exact) mass is 385 g/mol. The van der Waals surface area contributed by atoms with Crippen molar-refractivity contribution in [3.63, 3.8) is 0 Å². The standard InChI is InChI=1S/C21H23NO4S/c1-25-18-11-7-6-10-16(18)20-22(19(23)12-13-27-20)17(21(24)26-2)14-15-8-4-3-5-9-15/h3-11,17,20H,12-14H2,1-2H3. The SMILES string of the molecule is COC(=O)C(Cc1ccccc1)N1C(=O)CCSC1c1ccccc1OC. The van der Waals surface area contributed by atoms with Crippen LogP contribution in [0.5, 0.6) is 5.75 Å². The first kappa shape index (κ1) is 19.3. The van der Waals surface area contributed by atoms with Gasteiger partial charge in [0.15, 0.2) is 0 Å². The van der Waals surface area contributed by atoms with Gasteiger partial charge in [0.1, 0.15) is 17.2 Å². The van der Waals surface area contributed by atoms with E-state index in [1.807, 2.05) is 54.6 Å². The number of hydrogen-bond donors (Lipinski definition) is 0. The third kappa shape index (κ3) is 4.27. The van der Waals surface area contributed by atoms with Crippen LogP contribution >= 0.6 is 11.8 Å². The Morgan fingerprint density at radius 3 is 2.56 bits per heavy atom. The summed E-state index contributed by atoms with van der Waals surface area (Å²) in [5.41, 5.74) is 1.87. The van der Waals surface area contributed by atoms with E-state index in [1.54, 1.807) is 23.8 Å². The molecule has 2 aromatic carbocycles. The highest BCUT2D eigenvalue weighted by atomic mass is 32.2. The lowest BCUT2D eigenvalue weighted by molar-refractivity contribution is -0.153. The Morgan fingerprint density at radius 2 is 1.85 bits per heavy atom. The van der Waals surface area contributed by atoms with Gasteiger partial charge < -0.3 is 14.4 Å². The Morgan fingerprint density at radius 1 is 1.15 bits per heavy atom. The van der Waals surface area contributed by atoms with E-state index in [9.17, 15) is 9.59 Å². The van der Waals surface area contributed by atoms with Crippen LogP contribution in [0, 0.1) is 0 Å². The largest absolute Gasteiger partial charge is 0.496 e. The molecule has 1 saturated heterocycles. The minimum atomic E-state index is -0.687. The van der Waals surface area contributed by atoms with Gasteiger partial charge in [0.25, 0.3) is 0 Å². The average molecular weight is 385 g/mol. The molecule has 2 atom stereocenters. The number of ether oxygens (including phenoxy) is 2. The molecule has 0 N–H and O–H groups in total. The molecule has 142 valence electrons. The van der Waals surface area contributed by atoms with Crippen molar-refractivity contribution in [3.05, 3.63) is 65.7 Å². The van der Waals surface area contributed by atoms with Crippen molar-refractivity contribution in [1.82, 2.24) is 4.90 Å². The third-order valence-corrected chi connectivity index (χ3v) is 5.85. The number of carbonyl (C=O) groups excluding carboxylic acids is 2. The van der Waals surface area contributed by atoms with Crippen LogP contribution in [0.3, 0.4) is 0 Å². The van der Waals surface area contributed by atoms with E-state index in [1.165, 1.54) is 7.11 Å². The Labute approximate surface area is 163 Å². The van der Waals surface area contributed by atoms with Gasteiger partial charge in [0, 0.05) is 24.2 Å². The molecule has 1 amide bonds. The minimum absolute atomic E-state index is 0.0454. The Bertz CT molecular complexity index is 796. The van der Waals surface area contributed by atoms with Crippen LogP contribution in [-0.2, 0) is 20.7 Å². The molecule has 0 aromatic heterocycles. The zero-order valence-electron chi connectivity index (χ0n) is 15.5. The predicted octanol–water partition coefficient (Wildman–Crippen LogP) is 3.44. The van der Waals surface area contributed by atoms with Crippen molar-refractivity contribution >= 4 is 23.6 Å². The smallest absolute Gasteiger partial charge is 0.328 e. The van der Waals surface area contributed by atoms with Crippen LogP contribution in [0.2, 0.25) is 0 Å². The zero-order valence-corrected chi connectivity index (χ0v) is 16.3. The van der Waals surface area contributed by atoms with Crippen LogP contribution < -0.4 is 4.74 Å². The van der Waals surface area contributed by atoms with Gasteiger partial charge in [-0.1, -0.05) is 48.5 Å². The number of rotatable bonds is 6. The molecule has 3 rings (SSSR count). The van der Waals surface area contributed by atoms with Gasteiger partial charge >= 0.3 is 5.97 Å². The molecule has 27 heavy (non-hydrogen) atoms. The average Bonchev–Trinajstić information content (AvgIpc) is 2.72. The van der Waals surface area contributed by atoms with Gasteiger partial charge in [0.05, 0.1) is 14.2 Å². The second-order valence-electron chi connectivity index (χ2n) is 6.24. The predicted molar refractivity (Wildman–Crippen MR) is 106 cm³/mol. The fourth-order valence-electron chi connectivity index (χ4n) is 3.31. The highest BCUT2D eigenvalue weighted by Gasteiger charge is 2.40. The van der Waals surface area contributed by atoms with Crippen LogP contribution in [0.15, 0.2) is 54.6 Å². The number of amides is 1.